The highest BCUT2D eigenvalue weighted by atomic mass is 19.1. The number of amides is 1. The summed E-state index contributed by atoms with van der Waals surface area (Å²) in [6.45, 7) is 2.13. The fourth-order valence-corrected chi connectivity index (χ4v) is 1.65. The van der Waals surface area contributed by atoms with E-state index in [1.165, 1.54) is 18.2 Å². The summed E-state index contributed by atoms with van der Waals surface area (Å²) in [5.74, 6) is -1.27. The molecule has 0 saturated carbocycles. The van der Waals surface area contributed by atoms with Crippen LogP contribution in [0.1, 0.15) is 32.6 Å². The zero-order valence-electron chi connectivity index (χ0n) is 11.3. The minimum absolute atomic E-state index is 0.0496. The molecule has 0 heterocycles. The van der Waals surface area contributed by atoms with Gasteiger partial charge in [-0.25, -0.2) is 4.39 Å². The van der Waals surface area contributed by atoms with E-state index in [4.69, 9.17) is 9.84 Å². The molecule has 20 heavy (non-hydrogen) atoms. The van der Waals surface area contributed by atoms with Gasteiger partial charge < -0.3 is 15.2 Å². The number of unbranched alkanes of at least 4 members (excludes halogenated alkanes) is 1. The largest absolute Gasteiger partial charge is 0.492 e. The average Bonchev–Trinajstić information content (AvgIpc) is 2.38. The number of hydrogen-bond acceptors (Lipinski definition) is 3. The van der Waals surface area contributed by atoms with Gasteiger partial charge >= 0.3 is 5.97 Å². The Kier molecular flexibility index (Phi) is 6.49. The van der Waals surface area contributed by atoms with Crippen LogP contribution in [0.4, 0.5) is 10.1 Å². The summed E-state index contributed by atoms with van der Waals surface area (Å²) in [5.41, 5.74) is 0.413. The number of benzene rings is 1. The summed E-state index contributed by atoms with van der Waals surface area (Å²) in [5, 5.41) is 11.1. The molecule has 0 aromatic heterocycles. The molecule has 0 aliphatic heterocycles. The van der Waals surface area contributed by atoms with Crippen LogP contribution in [-0.2, 0) is 9.59 Å². The number of halogens is 1. The molecule has 2 N–H and O–H groups in total. The lowest BCUT2D eigenvalue weighted by Gasteiger charge is -2.11. The van der Waals surface area contributed by atoms with E-state index in [2.05, 4.69) is 5.32 Å². The predicted octanol–water partition coefficient (Wildman–Crippen LogP) is 2.81. The normalized spacial score (nSPS) is 10.1. The van der Waals surface area contributed by atoms with Gasteiger partial charge in [0, 0.05) is 18.9 Å². The van der Waals surface area contributed by atoms with Crippen molar-refractivity contribution in [1.82, 2.24) is 0 Å². The van der Waals surface area contributed by atoms with Crippen molar-refractivity contribution in [3.05, 3.63) is 24.0 Å². The maximum atomic E-state index is 13.1. The topological polar surface area (TPSA) is 75.6 Å². The van der Waals surface area contributed by atoms with Crippen molar-refractivity contribution < 1.29 is 23.8 Å². The second-order valence-electron chi connectivity index (χ2n) is 4.22. The third-order valence-electron chi connectivity index (χ3n) is 2.56. The molecule has 110 valence electrons. The third-order valence-corrected chi connectivity index (χ3v) is 2.56. The average molecular weight is 283 g/mol. The van der Waals surface area contributed by atoms with Gasteiger partial charge in [0.25, 0.3) is 0 Å². The molecule has 5 nitrogen and oxygen atoms in total. The second kappa shape index (κ2) is 8.14. The molecule has 0 radical (unpaired) electrons. The molecule has 1 rings (SSSR count). The zero-order chi connectivity index (χ0) is 15.0. The smallest absolute Gasteiger partial charge is 0.303 e. The first kappa shape index (κ1) is 15.9. The van der Waals surface area contributed by atoms with Crippen molar-refractivity contribution in [2.75, 3.05) is 11.9 Å². The highest BCUT2D eigenvalue weighted by Gasteiger charge is 2.09. The van der Waals surface area contributed by atoms with Crippen LogP contribution in [0.5, 0.6) is 5.75 Å². The molecule has 1 amide bonds. The number of carboxylic acid groups (broad SMARTS) is 1. The number of carboxylic acids is 1. The summed E-state index contributed by atoms with van der Waals surface area (Å²) in [4.78, 5) is 22.0. The van der Waals surface area contributed by atoms with Crippen LogP contribution in [0.15, 0.2) is 18.2 Å². The lowest BCUT2D eigenvalue weighted by molar-refractivity contribution is -0.137. The maximum Gasteiger partial charge on any atom is 0.303 e. The molecule has 1 aromatic carbocycles. The fourth-order valence-electron chi connectivity index (χ4n) is 1.65. The lowest BCUT2D eigenvalue weighted by Crippen LogP contribution is -2.12. The SMILES string of the molecule is CCOc1cc(F)ccc1NC(=O)CCCCC(=O)O. The molecule has 0 unspecified atom stereocenters. The van der Waals surface area contributed by atoms with Gasteiger partial charge in [-0.15, -0.1) is 0 Å². The first-order chi connectivity index (χ1) is 9.52. The highest BCUT2D eigenvalue weighted by molar-refractivity contribution is 5.92. The third kappa shape index (κ3) is 5.69. The molecular weight excluding hydrogens is 265 g/mol. The molecular formula is C14H18FNO4. The number of aliphatic carboxylic acids is 1. The molecule has 0 fully saturated rings. The van der Waals surface area contributed by atoms with Crippen molar-refractivity contribution in [1.29, 1.82) is 0 Å². The number of anilines is 1. The molecule has 0 aliphatic rings. The minimum Gasteiger partial charge on any atom is -0.492 e. The van der Waals surface area contributed by atoms with E-state index < -0.39 is 11.8 Å². The van der Waals surface area contributed by atoms with Crippen molar-refractivity contribution >= 4 is 17.6 Å². The molecule has 6 heteroatoms. The summed E-state index contributed by atoms with van der Waals surface area (Å²) in [6, 6.07) is 3.89. The van der Waals surface area contributed by atoms with Gasteiger partial charge in [-0.3, -0.25) is 9.59 Å². The van der Waals surface area contributed by atoms with Gasteiger partial charge in [-0.05, 0) is 31.9 Å². The minimum atomic E-state index is -0.873. The molecule has 0 atom stereocenters. The Morgan fingerprint density at radius 2 is 2.00 bits per heavy atom. The van der Waals surface area contributed by atoms with Crippen molar-refractivity contribution in [2.45, 2.75) is 32.6 Å². The van der Waals surface area contributed by atoms with E-state index in [-0.39, 0.29) is 24.5 Å². The first-order valence-corrected chi connectivity index (χ1v) is 6.47. The van der Waals surface area contributed by atoms with Crippen LogP contribution < -0.4 is 10.1 Å². The number of carbonyl (C=O) groups is 2. The van der Waals surface area contributed by atoms with E-state index in [1.807, 2.05) is 0 Å². The Bertz CT molecular complexity index is 476. The van der Waals surface area contributed by atoms with Crippen LogP contribution >= 0.6 is 0 Å². The maximum absolute atomic E-state index is 13.1. The number of rotatable bonds is 8. The van der Waals surface area contributed by atoms with Gasteiger partial charge in [0.2, 0.25) is 5.91 Å². The monoisotopic (exact) mass is 283 g/mol. The molecule has 0 aliphatic carbocycles. The van der Waals surface area contributed by atoms with Crippen molar-refractivity contribution in [3.8, 4) is 5.75 Å². The Hall–Kier alpha value is -2.11. The Balaban J connectivity index is 2.50. The van der Waals surface area contributed by atoms with Gasteiger partial charge in [-0.1, -0.05) is 0 Å². The van der Waals surface area contributed by atoms with Crippen molar-refractivity contribution in [3.63, 3.8) is 0 Å². The number of carbonyl (C=O) groups excluding carboxylic acids is 1. The van der Waals surface area contributed by atoms with E-state index >= 15 is 0 Å². The Labute approximate surface area is 116 Å². The molecule has 0 saturated heterocycles. The van der Waals surface area contributed by atoms with Gasteiger partial charge in [0.15, 0.2) is 0 Å². The second-order valence-corrected chi connectivity index (χ2v) is 4.22. The Morgan fingerprint density at radius 3 is 2.65 bits per heavy atom. The summed E-state index contributed by atoms with van der Waals surface area (Å²) >= 11 is 0. The van der Waals surface area contributed by atoms with E-state index in [0.717, 1.165) is 0 Å². The quantitative estimate of drug-likeness (QED) is 0.719. The van der Waals surface area contributed by atoms with Gasteiger partial charge in [-0.2, -0.15) is 0 Å². The first-order valence-electron chi connectivity index (χ1n) is 6.47. The summed E-state index contributed by atoms with van der Waals surface area (Å²) in [6.07, 6.45) is 1.21. The number of ether oxygens (including phenoxy) is 1. The number of nitrogens with one attached hydrogen (secondary N) is 1. The standard InChI is InChI=1S/C14H18FNO4/c1-2-20-12-9-10(15)7-8-11(12)16-13(17)5-3-4-6-14(18)19/h7-9H,2-6H2,1H3,(H,16,17)(H,18,19). The van der Waals surface area contributed by atoms with Crippen LogP contribution in [0.3, 0.4) is 0 Å². The zero-order valence-corrected chi connectivity index (χ0v) is 11.3. The summed E-state index contributed by atoms with van der Waals surface area (Å²) < 4.78 is 18.3. The van der Waals surface area contributed by atoms with Crippen LogP contribution in [0.2, 0.25) is 0 Å². The molecule has 0 spiro atoms. The van der Waals surface area contributed by atoms with E-state index in [0.29, 0.717) is 25.1 Å². The number of hydrogen-bond donors (Lipinski definition) is 2. The van der Waals surface area contributed by atoms with Gasteiger partial charge in [0.05, 0.1) is 12.3 Å². The Morgan fingerprint density at radius 1 is 1.30 bits per heavy atom. The van der Waals surface area contributed by atoms with Crippen molar-refractivity contribution in [2.24, 2.45) is 0 Å². The molecule has 1 aromatic rings. The fraction of sp³-hybridized carbons (Fsp3) is 0.429. The van der Waals surface area contributed by atoms with E-state index in [1.54, 1.807) is 6.92 Å². The van der Waals surface area contributed by atoms with Crippen LogP contribution in [0, 0.1) is 5.82 Å². The van der Waals surface area contributed by atoms with Gasteiger partial charge in [0.1, 0.15) is 11.6 Å². The van der Waals surface area contributed by atoms with E-state index in [9.17, 15) is 14.0 Å². The van der Waals surface area contributed by atoms with Crippen LogP contribution in [-0.4, -0.2) is 23.6 Å². The van der Waals surface area contributed by atoms with Crippen LogP contribution in [0.25, 0.3) is 0 Å². The predicted molar refractivity (Wildman–Crippen MR) is 72.3 cm³/mol. The molecule has 0 bridgehead atoms. The summed E-state index contributed by atoms with van der Waals surface area (Å²) in [7, 11) is 0. The lowest BCUT2D eigenvalue weighted by atomic mass is 10.2. The highest BCUT2D eigenvalue weighted by Crippen LogP contribution is 2.25.